The lowest BCUT2D eigenvalue weighted by Crippen LogP contribution is -2.76. The van der Waals surface area contributed by atoms with Crippen LogP contribution in [0.5, 0.6) is 11.5 Å². The molecule has 2 aromatic rings. The number of likely N-dealkylation sites (tertiary alicyclic amines) is 2. The molecular weight excluding hydrogens is 624 g/mol. The molecule has 2 aromatic carbocycles. The Morgan fingerprint density at radius 1 is 0.755 bits per heavy atom. The largest absolute Gasteiger partial charge is 0.486 e. The normalized spacial score (nSPS) is 41.7. The second-order valence-corrected chi connectivity index (χ2v) is 15.9. The lowest BCUT2D eigenvalue weighted by molar-refractivity contribution is -0.211. The van der Waals surface area contributed by atoms with Crippen LogP contribution in [0, 0.1) is 0 Å². The number of likely N-dealkylation sites (N-methyl/N-ethyl adjacent to an activating group) is 2. The van der Waals surface area contributed by atoms with Gasteiger partial charge in [0, 0.05) is 40.9 Å². The first-order valence-corrected chi connectivity index (χ1v) is 18.1. The summed E-state index contributed by atoms with van der Waals surface area (Å²) >= 11 is 0. The van der Waals surface area contributed by atoms with Gasteiger partial charge in [-0.15, -0.1) is 0 Å². The molecule has 0 radical (unpaired) electrons. The average Bonchev–Trinajstić information content (AvgIpc) is 3.62. The maximum atomic E-state index is 12.0. The van der Waals surface area contributed by atoms with Crippen molar-refractivity contribution in [1.82, 2.24) is 9.80 Å². The van der Waals surface area contributed by atoms with Crippen LogP contribution in [0.3, 0.4) is 0 Å². The molecule has 4 aliphatic heterocycles. The van der Waals surface area contributed by atoms with Crippen molar-refractivity contribution in [2.24, 2.45) is 0 Å². The lowest BCUT2D eigenvalue weighted by Gasteiger charge is -2.63. The summed E-state index contributed by atoms with van der Waals surface area (Å²) in [6.45, 7) is 4.40. The van der Waals surface area contributed by atoms with Crippen LogP contribution in [-0.4, -0.2) is 117 Å². The highest BCUT2D eigenvalue weighted by Gasteiger charge is 2.74. The molecule has 5 N–H and O–H groups in total. The zero-order valence-electron chi connectivity index (χ0n) is 28.3. The van der Waals surface area contributed by atoms with Crippen LogP contribution in [0.2, 0.25) is 0 Å². The highest BCUT2D eigenvalue weighted by atomic mass is 16.5. The van der Waals surface area contributed by atoms with Crippen molar-refractivity contribution in [3.05, 3.63) is 57.6 Å². The topological polar surface area (TPSA) is 135 Å². The monoisotopic (exact) mass is 678 g/mol. The van der Waals surface area contributed by atoms with E-state index in [9.17, 15) is 25.5 Å². The Kier molecular flexibility index (Phi) is 7.84. The van der Waals surface area contributed by atoms with Gasteiger partial charge in [-0.05, 0) is 96.6 Å². The van der Waals surface area contributed by atoms with Gasteiger partial charge in [-0.1, -0.05) is 31.7 Å². The maximum absolute atomic E-state index is 12.0. The smallest absolute Gasteiger partial charge is 0.137 e. The van der Waals surface area contributed by atoms with E-state index in [0.29, 0.717) is 19.4 Å². The number of aliphatic hydroxyl groups excluding tert-OH is 3. The van der Waals surface area contributed by atoms with Gasteiger partial charge in [0.1, 0.15) is 23.7 Å². The van der Waals surface area contributed by atoms with E-state index < -0.39 is 34.2 Å². The predicted molar refractivity (Wildman–Crippen MR) is 183 cm³/mol. The van der Waals surface area contributed by atoms with E-state index in [1.165, 1.54) is 16.7 Å². The Balaban J connectivity index is 0.000000140. The van der Waals surface area contributed by atoms with E-state index >= 15 is 0 Å². The van der Waals surface area contributed by atoms with Gasteiger partial charge in [-0.2, -0.15) is 0 Å². The number of benzene rings is 2. The molecule has 10 heteroatoms. The van der Waals surface area contributed by atoms with Crippen molar-refractivity contribution in [3.63, 3.8) is 0 Å². The highest BCUT2D eigenvalue weighted by Crippen LogP contribution is 2.66. The first-order valence-electron chi connectivity index (χ1n) is 18.1. The van der Waals surface area contributed by atoms with Crippen molar-refractivity contribution >= 4 is 0 Å². The standard InChI is InChI=1S/C20H27NO4.C18H23NO4.CH4/c1-3-24-14-6-7-20(23)15-10-12-4-5-13(11-22)17-16(12)19(20,18(14)25-17)8-9-21(15)2;1-19-7-6-17-14-10-2-3-11(9-20)15(14)23-16(17)12(21)4-5-18(17,22)13(19)8-10;/h4-5,14-15,18,22-23H,3,6-11H2,1-2H3;2-3,12-13,16,20-22H,4-9H2,1H3;1H4/t14-,15?,18-,19-,20+;12-,13?,16-,17-,18+;/m00./s1. The third-order valence-corrected chi connectivity index (χ3v) is 14.3. The van der Waals surface area contributed by atoms with Gasteiger partial charge >= 0.3 is 0 Å². The van der Waals surface area contributed by atoms with Crippen LogP contribution < -0.4 is 9.47 Å². The van der Waals surface area contributed by atoms with Crippen LogP contribution in [-0.2, 0) is 41.6 Å². The fourth-order valence-corrected chi connectivity index (χ4v) is 12.2. The average molecular weight is 679 g/mol. The van der Waals surface area contributed by atoms with Crippen LogP contribution >= 0.6 is 0 Å². The fraction of sp³-hybridized carbons (Fsp3) is 0.692. The second kappa shape index (κ2) is 11.4. The zero-order chi connectivity index (χ0) is 33.4. The molecule has 0 aromatic heterocycles. The first-order chi connectivity index (χ1) is 23.1. The minimum Gasteiger partial charge on any atom is -0.486 e. The molecule has 4 bridgehead atoms. The summed E-state index contributed by atoms with van der Waals surface area (Å²) in [7, 11) is 4.21. The number of hydrogen-bond acceptors (Lipinski definition) is 10. The van der Waals surface area contributed by atoms with Gasteiger partial charge < -0.3 is 49.5 Å². The Morgan fingerprint density at radius 3 is 1.76 bits per heavy atom. The van der Waals surface area contributed by atoms with Crippen LogP contribution in [0.15, 0.2) is 24.3 Å². The van der Waals surface area contributed by atoms with Gasteiger partial charge in [-0.25, -0.2) is 0 Å². The van der Waals surface area contributed by atoms with E-state index in [4.69, 9.17) is 14.2 Å². The molecule has 10 atom stereocenters. The molecule has 268 valence electrons. The third kappa shape index (κ3) is 3.95. The van der Waals surface area contributed by atoms with E-state index in [1.54, 1.807) is 0 Å². The minimum absolute atomic E-state index is 0. The maximum Gasteiger partial charge on any atom is 0.137 e. The Morgan fingerprint density at radius 2 is 1.24 bits per heavy atom. The number of nitrogens with zero attached hydrogens (tertiary/aromatic N) is 2. The summed E-state index contributed by atoms with van der Waals surface area (Å²) in [6, 6.07) is 8.30. The SMILES string of the molecule is C.CCO[C@H]1CC[C@@]2(O)C3Cc4ccc(CO)c5c4[C@@]2(CCN3C)[C@H]1O5.CN1CC[C@]23c4c5ccc(CO)c4O[C@H]2[C@@H](O)CC[C@@]3(O)C1C5. The van der Waals surface area contributed by atoms with E-state index in [-0.39, 0.29) is 44.9 Å². The third-order valence-electron chi connectivity index (χ3n) is 14.3. The summed E-state index contributed by atoms with van der Waals surface area (Å²) in [6.07, 6.45) is 4.90. The molecule has 8 aliphatic rings. The quantitative estimate of drug-likeness (QED) is 0.328. The van der Waals surface area contributed by atoms with Crippen LogP contribution in [0.25, 0.3) is 0 Å². The molecule has 2 unspecified atom stereocenters. The Hall–Kier alpha value is -2.28. The molecule has 4 aliphatic carbocycles. The summed E-state index contributed by atoms with van der Waals surface area (Å²) in [5, 5.41) is 53.9. The van der Waals surface area contributed by atoms with E-state index in [0.717, 1.165) is 79.8 Å². The molecule has 4 heterocycles. The molecule has 2 spiro atoms. The van der Waals surface area contributed by atoms with Gasteiger partial charge in [-0.3, -0.25) is 0 Å². The summed E-state index contributed by atoms with van der Waals surface area (Å²) in [5.74, 6) is 1.54. The van der Waals surface area contributed by atoms with Gasteiger partial charge in [0.2, 0.25) is 0 Å². The predicted octanol–water partition coefficient (Wildman–Crippen LogP) is 2.33. The molecule has 2 saturated carbocycles. The van der Waals surface area contributed by atoms with E-state index in [1.807, 2.05) is 19.1 Å². The van der Waals surface area contributed by atoms with Crippen molar-refractivity contribution in [3.8, 4) is 11.5 Å². The number of hydrogen-bond donors (Lipinski definition) is 5. The summed E-state index contributed by atoms with van der Waals surface area (Å²) < 4.78 is 18.8. The van der Waals surface area contributed by atoms with Crippen molar-refractivity contribution in [2.45, 2.75) is 137 Å². The molecule has 49 heavy (non-hydrogen) atoms. The Labute approximate surface area is 289 Å². The fourth-order valence-electron chi connectivity index (χ4n) is 12.2. The van der Waals surface area contributed by atoms with E-state index in [2.05, 4.69) is 36.0 Å². The first kappa shape index (κ1) is 33.8. The van der Waals surface area contributed by atoms with Crippen LogP contribution in [0.1, 0.15) is 86.3 Å². The number of rotatable bonds is 4. The van der Waals surface area contributed by atoms with Gasteiger partial charge in [0.25, 0.3) is 0 Å². The summed E-state index contributed by atoms with van der Waals surface area (Å²) in [4.78, 5) is 4.59. The molecular formula is C39H54N2O8. The van der Waals surface area contributed by atoms with Crippen molar-refractivity contribution in [1.29, 1.82) is 0 Å². The van der Waals surface area contributed by atoms with Crippen molar-refractivity contribution < 1.29 is 39.7 Å². The second-order valence-electron chi connectivity index (χ2n) is 15.9. The van der Waals surface area contributed by atoms with Gasteiger partial charge in [0.05, 0.1) is 47.5 Å². The number of aliphatic hydroxyl groups is 5. The van der Waals surface area contributed by atoms with Crippen LogP contribution in [0.4, 0.5) is 0 Å². The molecule has 10 rings (SSSR count). The summed E-state index contributed by atoms with van der Waals surface area (Å²) in [5.41, 5.74) is 3.72. The Bertz CT molecular complexity index is 1650. The van der Waals surface area contributed by atoms with Crippen molar-refractivity contribution in [2.75, 3.05) is 33.8 Å². The number of piperidine rings is 2. The molecule has 4 fully saturated rings. The minimum atomic E-state index is -0.865. The molecule has 10 nitrogen and oxygen atoms in total. The molecule has 0 amide bonds. The van der Waals surface area contributed by atoms with Gasteiger partial charge in [0.15, 0.2) is 0 Å². The number of ether oxygens (including phenoxy) is 3. The highest BCUT2D eigenvalue weighted by molar-refractivity contribution is 5.62. The molecule has 2 saturated heterocycles. The zero-order valence-corrected chi connectivity index (χ0v) is 28.3. The lowest BCUT2D eigenvalue weighted by atomic mass is 9.48.